The SMILES string of the molecule is CCCC/C=C\CCCCCC(CC(=O)NC(CO)C(O)CCCCCCCCCCCCC)OC(=O)CCCCCCCCC/C=C\C/C=C\CCCCC. The van der Waals surface area contributed by atoms with Crippen LogP contribution in [0.4, 0.5) is 0 Å². The summed E-state index contributed by atoms with van der Waals surface area (Å²) in [6, 6.07) is -0.703. The molecule has 0 aliphatic rings. The molecule has 0 aliphatic heterocycles. The Kier molecular flexibility index (Phi) is 42.7. The molecule has 3 unspecified atom stereocenters. The lowest BCUT2D eigenvalue weighted by atomic mass is 10.0. The number of aliphatic hydroxyl groups is 2. The molecular formula is C50H93NO5. The van der Waals surface area contributed by atoms with Crippen LogP contribution in [0.25, 0.3) is 0 Å². The quantitative estimate of drug-likeness (QED) is 0.0325. The summed E-state index contributed by atoms with van der Waals surface area (Å²) in [6.45, 7) is 6.40. The number of hydrogen-bond acceptors (Lipinski definition) is 5. The Morgan fingerprint density at radius 3 is 1.48 bits per heavy atom. The molecule has 1 amide bonds. The fourth-order valence-electron chi connectivity index (χ4n) is 7.21. The van der Waals surface area contributed by atoms with Crippen molar-refractivity contribution in [3.63, 3.8) is 0 Å². The number of allylic oxidation sites excluding steroid dienone is 6. The molecule has 0 spiro atoms. The van der Waals surface area contributed by atoms with Gasteiger partial charge in [0.2, 0.25) is 5.91 Å². The minimum Gasteiger partial charge on any atom is -0.462 e. The first-order chi connectivity index (χ1) is 27.5. The minimum atomic E-state index is -0.789. The van der Waals surface area contributed by atoms with E-state index in [9.17, 15) is 19.8 Å². The maximum atomic E-state index is 13.1. The standard InChI is InChI=1S/C50H93NO5/c1-4-7-10-13-16-19-21-22-23-24-25-26-28-31-34-37-40-43-50(55)56-46(41-38-35-32-29-18-15-12-9-6-3)44-49(54)51-47(45-52)48(53)42-39-36-33-30-27-20-17-14-11-8-5-2/h15-16,18-19,22-23,46-48,52-53H,4-14,17,20-21,24-45H2,1-3H3,(H,51,54)/b18-15-,19-16-,23-22-. The summed E-state index contributed by atoms with van der Waals surface area (Å²) in [5, 5.41) is 23.6. The number of ether oxygens (including phenoxy) is 1. The molecule has 0 saturated carbocycles. The van der Waals surface area contributed by atoms with E-state index in [0.29, 0.717) is 19.3 Å². The fraction of sp³-hybridized carbons (Fsp3) is 0.840. The summed E-state index contributed by atoms with van der Waals surface area (Å²) in [7, 11) is 0. The van der Waals surface area contributed by atoms with E-state index in [2.05, 4.69) is 62.5 Å². The van der Waals surface area contributed by atoms with Gasteiger partial charge in [-0.3, -0.25) is 9.59 Å². The lowest BCUT2D eigenvalue weighted by molar-refractivity contribution is -0.151. The molecule has 0 fully saturated rings. The van der Waals surface area contributed by atoms with Crippen molar-refractivity contribution < 1.29 is 24.5 Å². The van der Waals surface area contributed by atoms with Crippen molar-refractivity contribution in [2.24, 2.45) is 0 Å². The van der Waals surface area contributed by atoms with Crippen molar-refractivity contribution in [1.82, 2.24) is 5.32 Å². The van der Waals surface area contributed by atoms with Crippen molar-refractivity contribution in [2.75, 3.05) is 6.61 Å². The molecule has 0 saturated heterocycles. The normalized spacial score (nSPS) is 13.6. The average Bonchev–Trinajstić information content (AvgIpc) is 3.19. The number of amides is 1. The van der Waals surface area contributed by atoms with Crippen molar-refractivity contribution in [1.29, 1.82) is 0 Å². The molecule has 6 heteroatoms. The summed E-state index contributed by atoms with van der Waals surface area (Å²) in [6.07, 6.45) is 50.6. The lowest BCUT2D eigenvalue weighted by Gasteiger charge is -2.24. The maximum Gasteiger partial charge on any atom is 0.306 e. The minimum absolute atomic E-state index is 0.0647. The van der Waals surface area contributed by atoms with Gasteiger partial charge in [-0.1, -0.05) is 192 Å². The number of hydrogen-bond donors (Lipinski definition) is 3. The second-order valence-corrected chi connectivity index (χ2v) is 16.5. The van der Waals surface area contributed by atoms with Gasteiger partial charge in [-0.2, -0.15) is 0 Å². The third-order valence-electron chi connectivity index (χ3n) is 10.9. The van der Waals surface area contributed by atoms with Gasteiger partial charge < -0.3 is 20.3 Å². The molecule has 6 nitrogen and oxygen atoms in total. The van der Waals surface area contributed by atoms with E-state index in [1.54, 1.807) is 0 Å². The largest absolute Gasteiger partial charge is 0.462 e. The van der Waals surface area contributed by atoms with E-state index < -0.39 is 18.2 Å². The maximum absolute atomic E-state index is 13.1. The summed E-state index contributed by atoms with van der Waals surface area (Å²) >= 11 is 0. The summed E-state index contributed by atoms with van der Waals surface area (Å²) in [4.78, 5) is 26.0. The molecule has 3 N–H and O–H groups in total. The number of esters is 1. The van der Waals surface area contributed by atoms with Gasteiger partial charge >= 0.3 is 5.97 Å². The van der Waals surface area contributed by atoms with Gasteiger partial charge in [0.05, 0.1) is 25.2 Å². The zero-order chi connectivity index (χ0) is 41.0. The van der Waals surface area contributed by atoms with Gasteiger partial charge in [0.15, 0.2) is 0 Å². The molecule has 56 heavy (non-hydrogen) atoms. The highest BCUT2D eigenvalue weighted by Gasteiger charge is 2.24. The molecule has 0 aromatic heterocycles. The number of aliphatic hydroxyl groups excluding tert-OH is 2. The van der Waals surface area contributed by atoms with E-state index >= 15 is 0 Å². The highest BCUT2D eigenvalue weighted by Crippen LogP contribution is 2.17. The predicted octanol–water partition coefficient (Wildman–Crippen LogP) is 14.1. The molecule has 0 radical (unpaired) electrons. The fourth-order valence-corrected chi connectivity index (χ4v) is 7.21. The van der Waals surface area contributed by atoms with Gasteiger partial charge in [0.1, 0.15) is 6.10 Å². The Balaban J connectivity index is 4.49. The van der Waals surface area contributed by atoms with Crippen LogP contribution in [-0.4, -0.2) is 46.9 Å². The van der Waals surface area contributed by atoms with E-state index in [0.717, 1.165) is 83.5 Å². The number of nitrogens with one attached hydrogen (secondary N) is 1. The summed E-state index contributed by atoms with van der Waals surface area (Å²) in [5.74, 6) is -0.497. The zero-order valence-electron chi connectivity index (χ0n) is 37.3. The highest BCUT2D eigenvalue weighted by atomic mass is 16.5. The van der Waals surface area contributed by atoms with Gasteiger partial charge in [-0.15, -0.1) is 0 Å². The molecule has 0 rings (SSSR count). The first-order valence-electron chi connectivity index (χ1n) is 24.2. The van der Waals surface area contributed by atoms with Crippen molar-refractivity contribution >= 4 is 11.9 Å². The molecule has 0 aromatic rings. The van der Waals surface area contributed by atoms with Crippen LogP contribution in [0.3, 0.4) is 0 Å². The van der Waals surface area contributed by atoms with Crippen molar-refractivity contribution in [3.8, 4) is 0 Å². The predicted molar refractivity (Wildman–Crippen MR) is 241 cm³/mol. The van der Waals surface area contributed by atoms with Gasteiger partial charge in [0.25, 0.3) is 0 Å². The van der Waals surface area contributed by atoms with Crippen molar-refractivity contribution in [2.45, 2.75) is 264 Å². The topological polar surface area (TPSA) is 95.9 Å². The van der Waals surface area contributed by atoms with Gasteiger partial charge in [0, 0.05) is 6.42 Å². The molecule has 0 aliphatic carbocycles. The van der Waals surface area contributed by atoms with Crippen LogP contribution >= 0.6 is 0 Å². The van der Waals surface area contributed by atoms with Crippen LogP contribution in [0, 0.1) is 0 Å². The number of carbonyl (C=O) groups excluding carboxylic acids is 2. The van der Waals surface area contributed by atoms with Gasteiger partial charge in [-0.05, 0) is 77.0 Å². The van der Waals surface area contributed by atoms with Crippen molar-refractivity contribution in [3.05, 3.63) is 36.5 Å². The third kappa shape index (κ3) is 38.9. The van der Waals surface area contributed by atoms with Crippen LogP contribution in [0.1, 0.15) is 245 Å². The summed E-state index contributed by atoms with van der Waals surface area (Å²) < 4.78 is 5.89. The summed E-state index contributed by atoms with van der Waals surface area (Å²) in [5.41, 5.74) is 0. The Labute approximate surface area is 347 Å². The first kappa shape index (κ1) is 54.1. The highest BCUT2D eigenvalue weighted by molar-refractivity contribution is 5.77. The second-order valence-electron chi connectivity index (χ2n) is 16.5. The van der Waals surface area contributed by atoms with E-state index in [1.165, 1.54) is 116 Å². The Morgan fingerprint density at radius 1 is 0.518 bits per heavy atom. The average molecular weight is 788 g/mol. The smallest absolute Gasteiger partial charge is 0.306 e. The van der Waals surface area contributed by atoms with Gasteiger partial charge in [-0.25, -0.2) is 0 Å². The molecule has 3 atom stereocenters. The number of unbranched alkanes of at least 4 members (excludes halogenated alkanes) is 25. The molecule has 0 heterocycles. The molecule has 328 valence electrons. The van der Waals surface area contributed by atoms with Crippen LogP contribution in [0.2, 0.25) is 0 Å². The third-order valence-corrected chi connectivity index (χ3v) is 10.9. The van der Waals surface area contributed by atoms with E-state index in [1.807, 2.05) is 0 Å². The van der Waals surface area contributed by atoms with Crippen LogP contribution in [0.15, 0.2) is 36.5 Å². The zero-order valence-corrected chi connectivity index (χ0v) is 37.3. The van der Waals surface area contributed by atoms with Crippen LogP contribution in [-0.2, 0) is 14.3 Å². The van der Waals surface area contributed by atoms with E-state index in [4.69, 9.17) is 4.74 Å². The Bertz CT molecular complexity index is 930. The monoisotopic (exact) mass is 788 g/mol. The lowest BCUT2D eigenvalue weighted by Crippen LogP contribution is -2.46. The first-order valence-corrected chi connectivity index (χ1v) is 24.2. The van der Waals surface area contributed by atoms with Crippen LogP contribution in [0.5, 0.6) is 0 Å². The second kappa shape index (κ2) is 44.2. The van der Waals surface area contributed by atoms with E-state index in [-0.39, 0.29) is 24.9 Å². The number of rotatable bonds is 43. The Morgan fingerprint density at radius 2 is 0.929 bits per heavy atom. The number of carbonyl (C=O) groups is 2. The Hall–Kier alpha value is -1.92. The van der Waals surface area contributed by atoms with Crippen LogP contribution < -0.4 is 5.32 Å². The molecule has 0 aromatic carbocycles. The molecular weight excluding hydrogens is 695 g/mol. The molecule has 0 bridgehead atoms.